The van der Waals surface area contributed by atoms with E-state index in [0.29, 0.717) is 5.01 Å². The summed E-state index contributed by atoms with van der Waals surface area (Å²) in [5, 5.41) is 0.472. The first kappa shape index (κ1) is 13.9. The van der Waals surface area contributed by atoms with Crippen LogP contribution in [0.2, 0.25) is 0 Å². The van der Waals surface area contributed by atoms with Crippen molar-refractivity contribution in [2.45, 2.75) is 26.8 Å². The third kappa shape index (κ3) is 3.14. The van der Waals surface area contributed by atoms with Crippen LogP contribution >= 0.6 is 34.3 Å². The highest BCUT2D eigenvalue weighted by Crippen LogP contribution is 2.25. The molecule has 16 heavy (non-hydrogen) atoms. The molecule has 0 fully saturated rings. The number of carbonyl (C=O) groups is 1. The van der Waals surface area contributed by atoms with E-state index in [2.05, 4.69) is 20.0 Å². The van der Waals surface area contributed by atoms with E-state index in [1.807, 2.05) is 13.8 Å². The zero-order valence-corrected chi connectivity index (χ0v) is 12.6. The van der Waals surface area contributed by atoms with Gasteiger partial charge in [0, 0.05) is 24.4 Å². The maximum absolute atomic E-state index is 11.2. The predicted octanol–water partition coefficient (Wildman–Crippen LogP) is 2.66. The van der Waals surface area contributed by atoms with E-state index in [4.69, 9.17) is 0 Å². The molecular weight excluding hydrogens is 339 g/mol. The van der Waals surface area contributed by atoms with Crippen LogP contribution in [0.25, 0.3) is 0 Å². The molecule has 0 saturated carbocycles. The van der Waals surface area contributed by atoms with Gasteiger partial charge in [-0.25, -0.2) is 9.78 Å². The van der Waals surface area contributed by atoms with Gasteiger partial charge in [-0.3, -0.25) is 0 Å². The van der Waals surface area contributed by atoms with Crippen molar-refractivity contribution in [3.05, 3.63) is 15.6 Å². The molecule has 0 unspecified atom stereocenters. The Morgan fingerprint density at radius 2 is 2.25 bits per heavy atom. The number of nitrogens with zero attached hydrogens (tertiary/aromatic N) is 2. The second kappa shape index (κ2) is 6.51. The molecule has 0 amide bonds. The maximum Gasteiger partial charge on any atom is 0.376 e. The van der Waals surface area contributed by atoms with Gasteiger partial charge in [0.1, 0.15) is 0 Å². The van der Waals surface area contributed by atoms with Gasteiger partial charge in [-0.05, 0) is 7.05 Å². The lowest BCUT2D eigenvalue weighted by molar-refractivity contribution is 0.0799. The molecule has 2 heterocycles. The van der Waals surface area contributed by atoms with Crippen molar-refractivity contribution in [3.8, 4) is 0 Å². The average molecular weight is 354 g/mol. The van der Waals surface area contributed by atoms with Gasteiger partial charge in [0.15, 0.2) is 23.0 Å². The fourth-order valence-electron chi connectivity index (χ4n) is 1.44. The van der Waals surface area contributed by atoms with Gasteiger partial charge in [-0.1, -0.05) is 13.8 Å². The largest absolute Gasteiger partial charge is 0.389 e. The number of aromatic nitrogens is 1. The first-order valence-corrected chi connectivity index (χ1v) is 6.90. The standard InChI is InChI=1S/C8H9IN2O2S.C2H6/c1-11-3-2-5-6(4-11)14-7(10-5)8(12)13-9;1-2/h2-4H2,1H3;1-2H3. The number of rotatable bonds is 1. The molecular formula is C10H15IN2O2S. The normalized spacial score (nSPS) is 14.8. The molecule has 1 aliphatic heterocycles. The van der Waals surface area contributed by atoms with Gasteiger partial charge in [0.05, 0.1) is 5.69 Å². The van der Waals surface area contributed by atoms with Crippen LogP contribution in [0.5, 0.6) is 0 Å². The Bertz CT molecular complexity index is 368. The maximum atomic E-state index is 11.2. The number of hydrogen-bond acceptors (Lipinski definition) is 5. The molecule has 1 aromatic rings. The third-order valence-corrected chi connectivity index (χ3v) is 3.63. The molecule has 4 nitrogen and oxygen atoms in total. The molecule has 0 spiro atoms. The Balaban J connectivity index is 0.000000606. The van der Waals surface area contributed by atoms with E-state index < -0.39 is 0 Å². The van der Waals surface area contributed by atoms with Gasteiger partial charge in [0.25, 0.3) is 0 Å². The molecule has 1 aromatic heterocycles. The highest BCUT2D eigenvalue weighted by molar-refractivity contribution is 14.1. The van der Waals surface area contributed by atoms with Gasteiger partial charge < -0.3 is 7.97 Å². The minimum atomic E-state index is -0.340. The molecule has 0 aliphatic carbocycles. The van der Waals surface area contributed by atoms with Crippen LogP contribution in [0.3, 0.4) is 0 Å². The molecule has 0 N–H and O–H groups in total. The Morgan fingerprint density at radius 1 is 1.56 bits per heavy atom. The molecule has 0 aromatic carbocycles. The van der Waals surface area contributed by atoms with Crippen LogP contribution in [-0.2, 0) is 16.0 Å². The summed E-state index contributed by atoms with van der Waals surface area (Å²) < 4.78 is 4.61. The van der Waals surface area contributed by atoms with E-state index in [0.717, 1.165) is 25.2 Å². The second-order valence-corrected chi connectivity index (χ2v) is 4.77. The highest BCUT2D eigenvalue weighted by Gasteiger charge is 2.21. The lowest BCUT2D eigenvalue weighted by Crippen LogP contribution is -2.25. The van der Waals surface area contributed by atoms with E-state index >= 15 is 0 Å². The SMILES string of the molecule is CC.CN1CCc2nc(C(=O)OI)sc2C1. The molecule has 6 heteroatoms. The quantitative estimate of drug-likeness (QED) is 0.728. The third-order valence-electron chi connectivity index (χ3n) is 2.17. The summed E-state index contributed by atoms with van der Waals surface area (Å²) >= 11 is 3.03. The lowest BCUT2D eigenvalue weighted by Gasteiger charge is -2.20. The monoisotopic (exact) mass is 354 g/mol. The van der Waals surface area contributed by atoms with Gasteiger partial charge >= 0.3 is 5.97 Å². The van der Waals surface area contributed by atoms with Crippen LogP contribution in [-0.4, -0.2) is 29.4 Å². The minimum Gasteiger partial charge on any atom is -0.389 e. The van der Waals surface area contributed by atoms with Gasteiger partial charge in [-0.15, -0.1) is 11.3 Å². The van der Waals surface area contributed by atoms with Crippen molar-refractivity contribution in [3.63, 3.8) is 0 Å². The first-order valence-electron chi connectivity index (χ1n) is 5.20. The van der Waals surface area contributed by atoms with E-state index in [9.17, 15) is 4.79 Å². The molecule has 0 radical (unpaired) electrons. The van der Waals surface area contributed by atoms with E-state index in [-0.39, 0.29) is 5.97 Å². The Kier molecular flexibility index (Phi) is 5.63. The molecule has 90 valence electrons. The number of likely N-dealkylation sites (N-methyl/N-ethyl adjacent to an activating group) is 1. The number of hydrogen-bond donors (Lipinski definition) is 0. The van der Waals surface area contributed by atoms with Crippen LogP contribution in [0.4, 0.5) is 0 Å². The highest BCUT2D eigenvalue weighted by atomic mass is 127. The summed E-state index contributed by atoms with van der Waals surface area (Å²) in [6, 6.07) is 0. The Hall–Kier alpha value is -0.210. The Labute approximate surface area is 114 Å². The molecule has 2 rings (SSSR count). The fourth-order valence-corrected chi connectivity index (χ4v) is 2.87. The van der Waals surface area contributed by atoms with Crippen molar-refractivity contribution in [2.75, 3.05) is 13.6 Å². The zero-order valence-electron chi connectivity index (χ0n) is 9.62. The predicted molar refractivity (Wildman–Crippen MR) is 72.9 cm³/mol. The number of carbonyl (C=O) groups excluding carboxylic acids is 1. The van der Waals surface area contributed by atoms with E-state index in [1.165, 1.54) is 16.2 Å². The van der Waals surface area contributed by atoms with E-state index in [1.54, 1.807) is 23.0 Å². The summed E-state index contributed by atoms with van der Waals surface area (Å²) in [7, 11) is 2.07. The topological polar surface area (TPSA) is 42.4 Å². The number of halogens is 1. The van der Waals surface area contributed by atoms with Crippen LogP contribution in [0, 0.1) is 0 Å². The second-order valence-electron chi connectivity index (χ2n) is 3.24. The van der Waals surface area contributed by atoms with Gasteiger partial charge in [-0.2, -0.15) is 0 Å². The molecule has 0 saturated heterocycles. The number of fused-ring (bicyclic) bond motifs is 1. The minimum absolute atomic E-state index is 0.340. The van der Waals surface area contributed by atoms with Crippen molar-refractivity contribution in [2.24, 2.45) is 0 Å². The van der Waals surface area contributed by atoms with Crippen molar-refractivity contribution >= 4 is 40.3 Å². The lowest BCUT2D eigenvalue weighted by atomic mass is 10.2. The smallest absolute Gasteiger partial charge is 0.376 e. The fraction of sp³-hybridized carbons (Fsp3) is 0.600. The summed E-state index contributed by atoms with van der Waals surface area (Å²) in [5.74, 6) is -0.340. The van der Waals surface area contributed by atoms with Gasteiger partial charge in [0.2, 0.25) is 5.01 Å². The zero-order chi connectivity index (χ0) is 12.1. The summed E-state index contributed by atoms with van der Waals surface area (Å²) in [6.07, 6.45) is 0.927. The molecule has 1 aliphatic rings. The molecule has 0 bridgehead atoms. The summed E-state index contributed by atoms with van der Waals surface area (Å²) in [5.41, 5.74) is 1.06. The van der Waals surface area contributed by atoms with Crippen LogP contribution < -0.4 is 0 Å². The number of thiazole rings is 1. The first-order chi connectivity index (χ1) is 7.70. The summed E-state index contributed by atoms with van der Waals surface area (Å²) in [6.45, 7) is 5.90. The molecule has 0 atom stereocenters. The average Bonchev–Trinajstić information content (AvgIpc) is 2.73. The van der Waals surface area contributed by atoms with Crippen molar-refractivity contribution < 1.29 is 7.86 Å². The van der Waals surface area contributed by atoms with Crippen LogP contribution in [0.15, 0.2) is 0 Å². The summed E-state index contributed by atoms with van der Waals surface area (Å²) in [4.78, 5) is 18.9. The Morgan fingerprint density at radius 3 is 2.88 bits per heavy atom. The van der Waals surface area contributed by atoms with Crippen molar-refractivity contribution in [1.29, 1.82) is 0 Å². The van der Waals surface area contributed by atoms with Crippen LogP contribution in [0.1, 0.15) is 34.2 Å². The van der Waals surface area contributed by atoms with Crippen molar-refractivity contribution in [1.82, 2.24) is 9.88 Å².